The molecule has 0 saturated carbocycles. The van der Waals surface area contributed by atoms with E-state index in [1.54, 1.807) is 30.4 Å². The van der Waals surface area contributed by atoms with Gasteiger partial charge in [0.2, 0.25) is 11.8 Å². The fraction of sp³-hybridized carbons (Fsp3) is 0.250. The molecule has 1 aromatic heterocycles. The number of para-hydroxylation sites is 1. The van der Waals surface area contributed by atoms with Crippen molar-refractivity contribution in [2.45, 2.75) is 32.0 Å². The molecule has 0 aliphatic carbocycles. The van der Waals surface area contributed by atoms with Crippen LogP contribution in [0.3, 0.4) is 0 Å². The van der Waals surface area contributed by atoms with Crippen LogP contribution in [0.4, 0.5) is 5.69 Å². The molecule has 3 amide bonds. The Kier molecular flexibility index (Phi) is 8.07. The van der Waals surface area contributed by atoms with Gasteiger partial charge < -0.3 is 19.8 Å². The van der Waals surface area contributed by atoms with Gasteiger partial charge in [0.05, 0.1) is 31.4 Å². The van der Waals surface area contributed by atoms with Crippen molar-refractivity contribution in [3.05, 3.63) is 83.8 Å². The first-order chi connectivity index (χ1) is 19.0. The Morgan fingerprint density at radius 3 is 2.56 bits per heavy atom. The standard InChI is InChI=1S/C28H27N5O5S/c1-37-19-10-8-18(9-11-19)15-29-24(34)13-12-23-27(36)32-26-21-6-2-3-7-22(21)31-28(33(23)26)39-17-25(35)30-16-20-5-4-14-38-20/h2-11,14,23H,12-13,15-17H2,1H3,(H,29,34)(H,30,35). The lowest BCUT2D eigenvalue weighted by atomic mass is 10.1. The van der Waals surface area contributed by atoms with Crippen molar-refractivity contribution in [2.24, 2.45) is 9.98 Å². The van der Waals surface area contributed by atoms with Gasteiger partial charge in [-0.1, -0.05) is 36.0 Å². The molecule has 0 bridgehead atoms. The molecule has 0 radical (unpaired) electrons. The monoisotopic (exact) mass is 545 g/mol. The van der Waals surface area contributed by atoms with Crippen molar-refractivity contribution in [1.82, 2.24) is 15.5 Å². The summed E-state index contributed by atoms with van der Waals surface area (Å²) < 4.78 is 10.4. The van der Waals surface area contributed by atoms with Crippen molar-refractivity contribution in [3.63, 3.8) is 0 Å². The minimum absolute atomic E-state index is 0.0920. The second kappa shape index (κ2) is 12.0. The Hall–Kier alpha value is -4.38. The maximum absolute atomic E-state index is 13.0. The molecule has 2 aliphatic heterocycles. The minimum atomic E-state index is -0.683. The Balaban J connectivity index is 1.22. The number of carbonyl (C=O) groups is 3. The van der Waals surface area contributed by atoms with Crippen molar-refractivity contribution in [2.75, 3.05) is 12.9 Å². The van der Waals surface area contributed by atoms with Gasteiger partial charge in [-0.15, -0.1) is 0 Å². The number of methoxy groups -OCH3 is 1. The molecule has 2 aromatic carbocycles. The van der Waals surface area contributed by atoms with E-state index in [4.69, 9.17) is 14.1 Å². The van der Waals surface area contributed by atoms with E-state index in [1.807, 2.05) is 48.5 Å². The number of nitrogens with zero attached hydrogens (tertiary/aromatic N) is 3. The smallest absolute Gasteiger partial charge is 0.270 e. The summed E-state index contributed by atoms with van der Waals surface area (Å²) in [6, 6.07) is 17.7. The second-order valence-corrected chi connectivity index (χ2v) is 9.82. The first kappa shape index (κ1) is 26.2. The normalized spacial score (nSPS) is 15.7. The number of aliphatic imine (C=N–C) groups is 2. The van der Waals surface area contributed by atoms with Gasteiger partial charge in [-0.25, -0.2) is 4.99 Å². The first-order valence-electron chi connectivity index (χ1n) is 12.4. The first-order valence-corrected chi connectivity index (χ1v) is 13.4. The molecule has 3 aromatic rings. The van der Waals surface area contributed by atoms with Gasteiger partial charge in [-0.2, -0.15) is 4.99 Å². The maximum atomic E-state index is 13.0. The van der Waals surface area contributed by atoms with Gasteiger partial charge in [0.25, 0.3) is 5.91 Å². The van der Waals surface area contributed by atoms with Gasteiger partial charge in [0.15, 0.2) is 5.17 Å². The number of thioether (sulfide) groups is 1. The van der Waals surface area contributed by atoms with Crippen LogP contribution in [0.25, 0.3) is 0 Å². The minimum Gasteiger partial charge on any atom is -0.497 e. The number of amidine groups is 2. The maximum Gasteiger partial charge on any atom is 0.270 e. The molecule has 0 fully saturated rings. The lowest BCUT2D eigenvalue weighted by molar-refractivity contribution is -0.122. The number of ether oxygens (including phenoxy) is 1. The van der Waals surface area contributed by atoms with Crippen molar-refractivity contribution in [3.8, 4) is 5.75 Å². The Morgan fingerprint density at radius 1 is 1.00 bits per heavy atom. The molecule has 200 valence electrons. The average Bonchev–Trinajstić information content (AvgIpc) is 3.60. The molecule has 11 heteroatoms. The Labute approximate surface area is 229 Å². The summed E-state index contributed by atoms with van der Waals surface area (Å²) in [5.41, 5.74) is 2.36. The third-order valence-corrected chi connectivity index (χ3v) is 7.23. The summed E-state index contributed by atoms with van der Waals surface area (Å²) in [6.07, 6.45) is 1.94. The number of nitrogens with one attached hydrogen (secondary N) is 2. The molecule has 0 saturated heterocycles. The van der Waals surface area contributed by atoms with Crippen LogP contribution in [0.5, 0.6) is 5.75 Å². The second-order valence-electron chi connectivity index (χ2n) is 8.88. The molecule has 2 aliphatic rings. The van der Waals surface area contributed by atoms with Gasteiger partial charge in [0.1, 0.15) is 23.4 Å². The molecule has 39 heavy (non-hydrogen) atoms. The van der Waals surface area contributed by atoms with Crippen molar-refractivity contribution >= 4 is 46.2 Å². The number of carbonyl (C=O) groups excluding carboxylic acids is 3. The zero-order valence-electron chi connectivity index (χ0n) is 21.3. The van der Waals surface area contributed by atoms with Crippen molar-refractivity contribution < 1.29 is 23.5 Å². The van der Waals surface area contributed by atoms with E-state index in [-0.39, 0.29) is 42.9 Å². The summed E-state index contributed by atoms with van der Waals surface area (Å²) in [4.78, 5) is 48.9. The van der Waals surface area contributed by atoms with Gasteiger partial charge in [-0.05, 0) is 48.4 Å². The number of hydrogen-bond acceptors (Lipinski definition) is 8. The summed E-state index contributed by atoms with van der Waals surface area (Å²) in [5.74, 6) is 1.28. The van der Waals surface area contributed by atoms with Crippen LogP contribution in [0.1, 0.15) is 29.7 Å². The number of fused-ring (bicyclic) bond motifs is 3. The molecule has 1 atom stereocenters. The van der Waals surface area contributed by atoms with E-state index in [0.717, 1.165) is 16.9 Å². The van der Waals surface area contributed by atoms with Crippen molar-refractivity contribution in [1.29, 1.82) is 0 Å². The number of rotatable bonds is 10. The molecular weight excluding hydrogens is 518 g/mol. The highest BCUT2D eigenvalue weighted by Crippen LogP contribution is 2.35. The van der Waals surface area contributed by atoms with Crippen LogP contribution in [0.2, 0.25) is 0 Å². The Bertz CT molecular complexity index is 1420. The van der Waals surface area contributed by atoms with E-state index in [1.165, 1.54) is 11.8 Å². The van der Waals surface area contributed by atoms with Gasteiger partial charge >= 0.3 is 0 Å². The van der Waals surface area contributed by atoms with Crippen LogP contribution < -0.4 is 15.4 Å². The number of benzene rings is 2. The molecule has 3 heterocycles. The average molecular weight is 546 g/mol. The van der Waals surface area contributed by atoms with Gasteiger partial charge in [-0.3, -0.25) is 19.3 Å². The van der Waals surface area contributed by atoms with Gasteiger partial charge in [0, 0.05) is 18.5 Å². The highest BCUT2D eigenvalue weighted by atomic mass is 32.2. The van der Waals surface area contributed by atoms with E-state index >= 15 is 0 Å². The molecule has 5 rings (SSSR count). The SMILES string of the molecule is COc1ccc(CNC(=O)CCC2C(=O)N=C3c4ccccc4N=C(SCC(=O)NCc4ccco4)N32)cc1. The van der Waals surface area contributed by atoms with E-state index in [0.29, 0.717) is 29.0 Å². The van der Waals surface area contributed by atoms with Crippen LogP contribution in [0, 0.1) is 0 Å². The third-order valence-electron chi connectivity index (χ3n) is 6.27. The highest BCUT2D eigenvalue weighted by Gasteiger charge is 2.41. The van der Waals surface area contributed by atoms with Crippen LogP contribution in [0.15, 0.2) is 81.3 Å². The molecule has 10 nitrogen and oxygen atoms in total. The summed E-state index contributed by atoms with van der Waals surface area (Å²) in [7, 11) is 1.60. The molecule has 2 N–H and O–H groups in total. The van der Waals surface area contributed by atoms with Crippen LogP contribution in [-0.2, 0) is 27.5 Å². The van der Waals surface area contributed by atoms with E-state index in [2.05, 4.69) is 15.6 Å². The highest BCUT2D eigenvalue weighted by molar-refractivity contribution is 8.14. The predicted octanol–water partition coefficient (Wildman–Crippen LogP) is 3.39. The molecule has 1 unspecified atom stereocenters. The fourth-order valence-corrected chi connectivity index (χ4v) is 5.13. The molecule has 0 spiro atoms. The number of furan rings is 1. The Morgan fingerprint density at radius 2 is 1.79 bits per heavy atom. The summed E-state index contributed by atoms with van der Waals surface area (Å²) in [5, 5.41) is 6.21. The van der Waals surface area contributed by atoms with Crippen LogP contribution >= 0.6 is 11.8 Å². The quantitative estimate of drug-likeness (QED) is 0.400. The summed E-state index contributed by atoms with van der Waals surface area (Å²) in [6.45, 7) is 0.654. The predicted molar refractivity (Wildman–Crippen MR) is 148 cm³/mol. The topological polar surface area (TPSA) is 126 Å². The number of amides is 3. The molecular formula is C28H27N5O5S. The number of hydrogen-bond donors (Lipinski definition) is 2. The lowest BCUT2D eigenvalue weighted by Crippen LogP contribution is -2.44. The van der Waals surface area contributed by atoms with E-state index in [9.17, 15) is 14.4 Å². The fourth-order valence-electron chi connectivity index (χ4n) is 4.26. The van der Waals surface area contributed by atoms with Crippen LogP contribution in [-0.4, -0.2) is 52.5 Å². The van der Waals surface area contributed by atoms with E-state index < -0.39 is 6.04 Å². The summed E-state index contributed by atoms with van der Waals surface area (Å²) >= 11 is 1.22. The lowest BCUT2D eigenvalue weighted by Gasteiger charge is -2.31. The third kappa shape index (κ3) is 6.20. The zero-order chi connectivity index (χ0) is 27.2. The largest absolute Gasteiger partial charge is 0.497 e. The zero-order valence-corrected chi connectivity index (χ0v) is 22.1.